The van der Waals surface area contributed by atoms with Crippen LogP contribution in [0.25, 0.3) is 0 Å². The number of nitrogens with zero attached hydrogens (tertiary/aromatic N) is 2. The standard InChI is InChI=1S/C12H12N2O2.3H2O/c15-11(9-1-5-13-6-2-9)12(16)10-3-7-14-8-4-10;;;/h1-8,11-12,15-16H;3*1H2/t11-,12+;;;. The van der Waals surface area contributed by atoms with Crippen molar-refractivity contribution in [3.05, 3.63) is 60.2 Å². The second-order valence-electron chi connectivity index (χ2n) is 3.45. The van der Waals surface area contributed by atoms with Gasteiger partial charge in [-0.25, -0.2) is 0 Å². The number of aliphatic hydroxyl groups is 2. The average Bonchev–Trinajstić information content (AvgIpc) is 2.39. The van der Waals surface area contributed by atoms with Gasteiger partial charge in [-0.2, -0.15) is 0 Å². The third-order valence-corrected chi connectivity index (χ3v) is 2.39. The van der Waals surface area contributed by atoms with E-state index in [0.717, 1.165) is 0 Å². The first kappa shape index (κ1) is 19.4. The largest absolute Gasteiger partial charge is 0.412 e. The van der Waals surface area contributed by atoms with Crippen LogP contribution in [-0.2, 0) is 0 Å². The first-order valence-corrected chi connectivity index (χ1v) is 4.95. The predicted molar refractivity (Wildman–Crippen MR) is 69.2 cm³/mol. The molecular formula is C12H18N2O5. The van der Waals surface area contributed by atoms with Gasteiger partial charge in [0.2, 0.25) is 0 Å². The Bertz CT molecular complexity index is 397. The molecule has 0 aliphatic heterocycles. The molecule has 0 bridgehead atoms. The fraction of sp³-hybridized carbons (Fsp3) is 0.167. The summed E-state index contributed by atoms with van der Waals surface area (Å²) in [6, 6.07) is 6.70. The van der Waals surface area contributed by atoms with Crippen LogP contribution in [0.3, 0.4) is 0 Å². The van der Waals surface area contributed by atoms with E-state index >= 15 is 0 Å². The second kappa shape index (κ2) is 9.09. The summed E-state index contributed by atoms with van der Waals surface area (Å²) in [7, 11) is 0. The summed E-state index contributed by atoms with van der Waals surface area (Å²) < 4.78 is 0. The van der Waals surface area contributed by atoms with Crippen LogP contribution in [0.2, 0.25) is 0 Å². The zero-order chi connectivity index (χ0) is 11.4. The van der Waals surface area contributed by atoms with Crippen molar-refractivity contribution >= 4 is 0 Å². The summed E-state index contributed by atoms with van der Waals surface area (Å²) in [5, 5.41) is 19.9. The van der Waals surface area contributed by atoms with Crippen LogP contribution in [0.5, 0.6) is 0 Å². The van der Waals surface area contributed by atoms with E-state index in [4.69, 9.17) is 0 Å². The van der Waals surface area contributed by atoms with Crippen molar-refractivity contribution in [2.24, 2.45) is 0 Å². The third kappa shape index (κ3) is 4.70. The minimum Gasteiger partial charge on any atom is -0.412 e. The van der Waals surface area contributed by atoms with Crippen molar-refractivity contribution in [2.75, 3.05) is 0 Å². The molecular weight excluding hydrogens is 252 g/mol. The van der Waals surface area contributed by atoms with Gasteiger partial charge in [-0.1, -0.05) is 0 Å². The van der Waals surface area contributed by atoms with Gasteiger partial charge in [-0.05, 0) is 35.4 Å². The van der Waals surface area contributed by atoms with Gasteiger partial charge in [0.1, 0.15) is 12.2 Å². The summed E-state index contributed by atoms with van der Waals surface area (Å²) in [4.78, 5) is 7.71. The lowest BCUT2D eigenvalue weighted by molar-refractivity contribution is 0.0171. The highest BCUT2D eigenvalue weighted by Gasteiger charge is 2.19. The lowest BCUT2D eigenvalue weighted by Gasteiger charge is -2.17. The highest BCUT2D eigenvalue weighted by atomic mass is 16.3. The Hall–Kier alpha value is -1.90. The van der Waals surface area contributed by atoms with Crippen molar-refractivity contribution in [1.82, 2.24) is 9.97 Å². The molecule has 0 spiro atoms. The van der Waals surface area contributed by atoms with E-state index in [1.165, 1.54) is 0 Å². The molecule has 8 N–H and O–H groups in total. The summed E-state index contributed by atoms with van der Waals surface area (Å²) in [6.45, 7) is 0. The monoisotopic (exact) mass is 270 g/mol. The highest BCUT2D eigenvalue weighted by molar-refractivity contribution is 5.21. The zero-order valence-electron chi connectivity index (χ0n) is 10.1. The van der Waals surface area contributed by atoms with Gasteiger partial charge in [0.25, 0.3) is 0 Å². The fourth-order valence-corrected chi connectivity index (χ4v) is 1.49. The molecule has 7 nitrogen and oxygen atoms in total. The molecule has 2 aromatic rings. The van der Waals surface area contributed by atoms with E-state index in [9.17, 15) is 10.2 Å². The molecule has 0 amide bonds. The minimum atomic E-state index is -0.953. The van der Waals surface area contributed by atoms with Crippen LogP contribution in [0.4, 0.5) is 0 Å². The van der Waals surface area contributed by atoms with E-state index in [2.05, 4.69) is 9.97 Å². The number of rotatable bonds is 3. The number of aliphatic hydroxyl groups excluding tert-OH is 2. The Morgan fingerprint density at radius 3 is 1.16 bits per heavy atom. The van der Waals surface area contributed by atoms with Crippen LogP contribution in [0, 0.1) is 0 Å². The quantitative estimate of drug-likeness (QED) is 0.714. The molecule has 0 aliphatic rings. The molecule has 7 heteroatoms. The van der Waals surface area contributed by atoms with E-state index in [1.54, 1.807) is 49.1 Å². The molecule has 106 valence electrons. The number of hydrogen-bond acceptors (Lipinski definition) is 4. The normalized spacial score (nSPS) is 12.1. The highest BCUT2D eigenvalue weighted by Crippen LogP contribution is 2.27. The van der Waals surface area contributed by atoms with Crippen LogP contribution < -0.4 is 0 Å². The van der Waals surface area contributed by atoms with Gasteiger partial charge < -0.3 is 26.6 Å². The molecule has 2 heterocycles. The number of hydrogen-bond donors (Lipinski definition) is 2. The van der Waals surface area contributed by atoms with Gasteiger partial charge >= 0.3 is 0 Å². The van der Waals surface area contributed by atoms with E-state index in [1.807, 2.05) is 0 Å². The molecule has 2 rings (SSSR count). The van der Waals surface area contributed by atoms with Gasteiger partial charge in [-0.15, -0.1) is 0 Å². The zero-order valence-corrected chi connectivity index (χ0v) is 10.1. The summed E-state index contributed by atoms with van der Waals surface area (Å²) in [5.74, 6) is 0. The molecule has 0 saturated carbocycles. The Morgan fingerprint density at radius 1 is 0.632 bits per heavy atom. The van der Waals surface area contributed by atoms with Crippen LogP contribution in [0.15, 0.2) is 49.1 Å². The molecule has 0 saturated heterocycles. The van der Waals surface area contributed by atoms with Gasteiger partial charge in [-0.3, -0.25) is 9.97 Å². The van der Waals surface area contributed by atoms with Crippen LogP contribution in [-0.4, -0.2) is 36.6 Å². The lowest BCUT2D eigenvalue weighted by atomic mass is 10.0. The predicted octanol–water partition coefficient (Wildman–Crippen LogP) is -1.23. The molecule has 0 fully saturated rings. The molecule has 0 aliphatic carbocycles. The SMILES string of the molecule is O.O.O.O[C@H](c1ccncc1)[C@@H](O)c1ccncc1. The Balaban J connectivity index is 0. The first-order valence-electron chi connectivity index (χ1n) is 4.95. The van der Waals surface area contributed by atoms with Gasteiger partial charge in [0.05, 0.1) is 0 Å². The maximum atomic E-state index is 9.94. The van der Waals surface area contributed by atoms with Gasteiger partial charge in [0, 0.05) is 24.8 Å². The molecule has 19 heavy (non-hydrogen) atoms. The Morgan fingerprint density at radius 2 is 0.895 bits per heavy atom. The molecule has 0 unspecified atom stereocenters. The topological polar surface area (TPSA) is 161 Å². The van der Waals surface area contributed by atoms with Crippen LogP contribution in [0.1, 0.15) is 23.3 Å². The average molecular weight is 270 g/mol. The second-order valence-corrected chi connectivity index (χ2v) is 3.45. The van der Waals surface area contributed by atoms with Crippen molar-refractivity contribution in [1.29, 1.82) is 0 Å². The number of pyridine rings is 2. The summed E-state index contributed by atoms with van der Waals surface area (Å²) >= 11 is 0. The molecule has 2 aromatic heterocycles. The summed E-state index contributed by atoms with van der Waals surface area (Å²) in [5.41, 5.74) is 1.28. The van der Waals surface area contributed by atoms with Crippen LogP contribution >= 0.6 is 0 Å². The van der Waals surface area contributed by atoms with Crippen molar-refractivity contribution < 1.29 is 26.6 Å². The summed E-state index contributed by atoms with van der Waals surface area (Å²) in [6.07, 6.45) is 4.42. The lowest BCUT2D eigenvalue weighted by Crippen LogP contribution is -2.10. The maximum absolute atomic E-state index is 9.94. The molecule has 0 aromatic carbocycles. The van der Waals surface area contributed by atoms with E-state index in [-0.39, 0.29) is 16.4 Å². The fourth-order valence-electron chi connectivity index (χ4n) is 1.49. The Labute approximate surface area is 110 Å². The van der Waals surface area contributed by atoms with Crippen molar-refractivity contribution in [2.45, 2.75) is 12.2 Å². The maximum Gasteiger partial charge on any atom is 0.109 e. The third-order valence-electron chi connectivity index (χ3n) is 2.39. The van der Waals surface area contributed by atoms with Gasteiger partial charge in [0.15, 0.2) is 0 Å². The van der Waals surface area contributed by atoms with E-state index < -0.39 is 12.2 Å². The minimum absolute atomic E-state index is 0. The molecule has 2 atom stereocenters. The van der Waals surface area contributed by atoms with Crippen molar-refractivity contribution in [3.63, 3.8) is 0 Å². The number of aromatic nitrogens is 2. The Kier molecular flexibility index (Phi) is 9.30. The first-order chi connectivity index (χ1) is 7.79. The molecule has 0 radical (unpaired) electrons. The smallest absolute Gasteiger partial charge is 0.109 e. The van der Waals surface area contributed by atoms with E-state index in [0.29, 0.717) is 11.1 Å². The van der Waals surface area contributed by atoms with Crippen molar-refractivity contribution in [3.8, 4) is 0 Å².